The molecule has 2 atom stereocenters. The smallest absolute Gasteiger partial charge is 0.323 e. The van der Waals surface area contributed by atoms with E-state index < -0.39 is 11.5 Å². The average Bonchev–Trinajstić information content (AvgIpc) is 2.17. The fraction of sp³-hybridized carbons (Fsp3) is 0.909. The molecule has 1 saturated heterocycles. The first-order valence-corrected chi connectivity index (χ1v) is 5.52. The van der Waals surface area contributed by atoms with Gasteiger partial charge in [-0.25, -0.2) is 0 Å². The van der Waals surface area contributed by atoms with Gasteiger partial charge >= 0.3 is 5.97 Å². The molecule has 3 nitrogen and oxygen atoms in total. The summed E-state index contributed by atoms with van der Waals surface area (Å²) < 4.78 is 0. The topological polar surface area (TPSA) is 40.5 Å². The molecule has 0 saturated carbocycles. The Bertz CT molecular complexity index is 223. The standard InChI is InChI=1S/C11H21NO2.ClH/c1-4-11(3,10(13)14)12-8-6-5-7-9(12)2;/h9H,4-8H2,1-3H3,(H,13,14);1H. The number of hydrogen-bond acceptors (Lipinski definition) is 2. The van der Waals surface area contributed by atoms with Gasteiger partial charge in [0.2, 0.25) is 0 Å². The van der Waals surface area contributed by atoms with Crippen LogP contribution in [0.3, 0.4) is 0 Å². The number of rotatable bonds is 3. The third-order valence-electron chi connectivity index (χ3n) is 3.59. The van der Waals surface area contributed by atoms with Crippen LogP contribution in [0, 0.1) is 0 Å². The lowest BCUT2D eigenvalue weighted by atomic mass is 9.90. The van der Waals surface area contributed by atoms with Crippen molar-refractivity contribution in [1.82, 2.24) is 4.90 Å². The number of carboxylic acid groups (broad SMARTS) is 1. The molecular weight excluding hydrogens is 214 g/mol. The second-order valence-corrected chi connectivity index (χ2v) is 4.47. The second-order valence-electron chi connectivity index (χ2n) is 4.47. The largest absolute Gasteiger partial charge is 0.480 e. The van der Waals surface area contributed by atoms with Crippen molar-refractivity contribution >= 4 is 18.4 Å². The summed E-state index contributed by atoms with van der Waals surface area (Å²) in [4.78, 5) is 13.4. The van der Waals surface area contributed by atoms with Crippen molar-refractivity contribution in [1.29, 1.82) is 0 Å². The lowest BCUT2D eigenvalue weighted by Gasteiger charge is -2.44. The number of nitrogens with zero attached hydrogens (tertiary/aromatic N) is 1. The molecular formula is C11H22ClNO2. The Labute approximate surface area is 98.3 Å². The summed E-state index contributed by atoms with van der Waals surface area (Å²) in [6, 6.07) is 0.407. The Morgan fingerprint density at radius 1 is 1.53 bits per heavy atom. The highest BCUT2D eigenvalue weighted by atomic mass is 35.5. The van der Waals surface area contributed by atoms with Crippen molar-refractivity contribution in [2.75, 3.05) is 6.54 Å². The van der Waals surface area contributed by atoms with E-state index in [0.29, 0.717) is 12.5 Å². The third kappa shape index (κ3) is 2.85. The first-order chi connectivity index (χ1) is 6.52. The van der Waals surface area contributed by atoms with Gasteiger partial charge in [0.15, 0.2) is 0 Å². The summed E-state index contributed by atoms with van der Waals surface area (Å²) >= 11 is 0. The lowest BCUT2D eigenvalue weighted by molar-refractivity contribution is -0.153. The number of likely N-dealkylation sites (tertiary alicyclic amines) is 1. The van der Waals surface area contributed by atoms with Gasteiger partial charge in [0, 0.05) is 6.04 Å². The lowest BCUT2D eigenvalue weighted by Crippen LogP contribution is -2.57. The highest BCUT2D eigenvalue weighted by Crippen LogP contribution is 2.28. The normalized spacial score (nSPS) is 26.5. The van der Waals surface area contributed by atoms with Crippen LogP contribution in [0.1, 0.15) is 46.5 Å². The van der Waals surface area contributed by atoms with Crippen molar-refractivity contribution in [3.05, 3.63) is 0 Å². The van der Waals surface area contributed by atoms with Gasteiger partial charge in [-0.05, 0) is 39.7 Å². The molecule has 1 aliphatic rings. The molecule has 1 aliphatic heterocycles. The Balaban J connectivity index is 0.00000196. The summed E-state index contributed by atoms with van der Waals surface area (Å²) in [6.45, 7) is 6.86. The molecule has 0 radical (unpaired) electrons. The highest BCUT2D eigenvalue weighted by molar-refractivity contribution is 5.85. The quantitative estimate of drug-likeness (QED) is 0.817. The van der Waals surface area contributed by atoms with E-state index in [1.54, 1.807) is 0 Å². The number of halogens is 1. The van der Waals surface area contributed by atoms with Crippen molar-refractivity contribution in [2.24, 2.45) is 0 Å². The van der Waals surface area contributed by atoms with E-state index in [0.717, 1.165) is 19.4 Å². The summed E-state index contributed by atoms with van der Waals surface area (Å²) in [5.41, 5.74) is -0.667. The van der Waals surface area contributed by atoms with Gasteiger partial charge in [0.25, 0.3) is 0 Å². The van der Waals surface area contributed by atoms with E-state index in [1.165, 1.54) is 6.42 Å². The summed E-state index contributed by atoms with van der Waals surface area (Å²) in [5.74, 6) is -0.686. The first-order valence-electron chi connectivity index (χ1n) is 5.52. The number of hydrogen-bond donors (Lipinski definition) is 1. The third-order valence-corrected chi connectivity index (χ3v) is 3.59. The molecule has 0 amide bonds. The zero-order chi connectivity index (χ0) is 10.8. The van der Waals surface area contributed by atoms with Crippen molar-refractivity contribution in [3.63, 3.8) is 0 Å². The molecule has 1 rings (SSSR count). The Morgan fingerprint density at radius 2 is 2.13 bits per heavy atom. The molecule has 0 aromatic rings. The van der Waals surface area contributed by atoms with Crippen LogP contribution in [-0.2, 0) is 4.79 Å². The minimum absolute atomic E-state index is 0. The molecule has 0 aromatic carbocycles. The average molecular weight is 236 g/mol. The molecule has 0 spiro atoms. The monoisotopic (exact) mass is 235 g/mol. The van der Waals surface area contributed by atoms with Gasteiger partial charge in [-0.15, -0.1) is 12.4 Å². The predicted octanol–water partition coefficient (Wildman–Crippen LogP) is 2.54. The van der Waals surface area contributed by atoms with Crippen LogP contribution < -0.4 is 0 Å². The van der Waals surface area contributed by atoms with Crippen LogP contribution in [-0.4, -0.2) is 34.1 Å². The minimum atomic E-state index is -0.686. The maximum absolute atomic E-state index is 11.3. The van der Waals surface area contributed by atoms with Gasteiger partial charge in [-0.1, -0.05) is 13.3 Å². The number of carboxylic acids is 1. The fourth-order valence-electron chi connectivity index (χ4n) is 2.31. The molecule has 1 fully saturated rings. The summed E-state index contributed by atoms with van der Waals surface area (Å²) in [6.07, 6.45) is 4.17. The van der Waals surface area contributed by atoms with E-state index in [1.807, 2.05) is 13.8 Å². The molecule has 1 heterocycles. The maximum Gasteiger partial charge on any atom is 0.323 e. The summed E-state index contributed by atoms with van der Waals surface area (Å²) in [7, 11) is 0. The zero-order valence-corrected chi connectivity index (χ0v) is 10.6. The molecule has 0 aromatic heterocycles. The Hall–Kier alpha value is -0.280. The molecule has 0 aliphatic carbocycles. The van der Waals surface area contributed by atoms with Gasteiger partial charge in [0.1, 0.15) is 5.54 Å². The van der Waals surface area contributed by atoms with E-state index >= 15 is 0 Å². The molecule has 0 bridgehead atoms. The van der Waals surface area contributed by atoms with Crippen LogP contribution in [0.15, 0.2) is 0 Å². The SMILES string of the molecule is CCC(C)(C(=O)O)N1CCCCC1C.Cl. The van der Waals surface area contributed by atoms with Gasteiger partial charge < -0.3 is 5.11 Å². The van der Waals surface area contributed by atoms with Crippen LogP contribution in [0.4, 0.5) is 0 Å². The van der Waals surface area contributed by atoms with Gasteiger partial charge in [-0.3, -0.25) is 9.69 Å². The second kappa shape index (κ2) is 5.71. The number of carbonyl (C=O) groups is 1. The van der Waals surface area contributed by atoms with Crippen LogP contribution in [0.25, 0.3) is 0 Å². The predicted molar refractivity (Wildman–Crippen MR) is 63.6 cm³/mol. The highest BCUT2D eigenvalue weighted by Gasteiger charge is 2.40. The van der Waals surface area contributed by atoms with E-state index in [4.69, 9.17) is 0 Å². The van der Waals surface area contributed by atoms with Crippen LogP contribution in [0.2, 0.25) is 0 Å². The fourth-order valence-corrected chi connectivity index (χ4v) is 2.31. The van der Waals surface area contributed by atoms with Crippen LogP contribution >= 0.6 is 12.4 Å². The molecule has 90 valence electrons. The van der Waals surface area contributed by atoms with E-state index in [9.17, 15) is 9.90 Å². The number of aliphatic carboxylic acids is 1. The van der Waals surface area contributed by atoms with Gasteiger partial charge in [-0.2, -0.15) is 0 Å². The Kier molecular flexibility index (Phi) is 5.60. The minimum Gasteiger partial charge on any atom is -0.480 e. The molecule has 1 N–H and O–H groups in total. The molecule has 4 heteroatoms. The van der Waals surface area contributed by atoms with Crippen molar-refractivity contribution in [3.8, 4) is 0 Å². The molecule has 15 heavy (non-hydrogen) atoms. The number of piperidine rings is 1. The Morgan fingerprint density at radius 3 is 2.53 bits per heavy atom. The molecule has 2 unspecified atom stereocenters. The van der Waals surface area contributed by atoms with E-state index in [-0.39, 0.29) is 12.4 Å². The van der Waals surface area contributed by atoms with Crippen molar-refractivity contribution < 1.29 is 9.90 Å². The van der Waals surface area contributed by atoms with Gasteiger partial charge in [0.05, 0.1) is 0 Å². The maximum atomic E-state index is 11.3. The summed E-state index contributed by atoms with van der Waals surface area (Å²) in [5, 5.41) is 9.26. The first kappa shape index (κ1) is 14.7. The zero-order valence-electron chi connectivity index (χ0n) is 9.82. The van der Waals surface area contributed by atoms with Crippen molar-refractivity contribution in [2.45, 2.75) is 58.0 Å². The van der Waals surface area contributed by atoms with E-state index in [2.05, 4.69) is 11.8 Å². The van der Waals surface area contributed by atoms with Crippen LogP contribution in [0.5, 0.6) is 0 Å².